The molecule has 8 nitrogen and oxygen atoms in total. The lowest BCUT2D eigenvalue weighted by Crippen LogP contribution is -2.52. The Labute approximate surface area is 169 Å². The second kappa shape index (κ2) is 9.99. The van der Waals surface area contributed by atoms with Gasteiger partial charge >= 0.3 is 0 Å². The Morgan fingerprint density at radius 3 is 2.41 bits per heavy atom. The van der Waals surface area contributed by atoms with Crippen LogP contribution in [0.15, 0.2) is 54.6 Å². The zero-order chi connectivity index (χ0) is 20.5. The van der Waals surface area contributed by atoms with E-state index < -0.39 is 10.5 Å². The van der Waals surface area contributed by atoms with Gasteiger partial charge in [-0.3, -0.25) is 14.9 Å². The van der Waals surface area contributed by atoms with Gasteiger partial charge in [-0.25, -0.2) is 0 Å². The van der Waals surface area contributed by atoms with E-state index in [1.54, 1.807) is 12.1 Å². The van der Waals surface area contributed by atoms with E-state index in [9.17, 15) is 14.9 Å². The number of non-ortho nitro benzene ring substituents is 1. The minimum absolute atomic E-state index is 0.0425. The number of hydrogen-bond donors (Lipinski definition) is 2. The smallest absolute Gasteiger partial charge is 0.269 e. The number of nitro groups is 1. The minimum atomic E-state index is -0.887. The molecule has 2 aromatic rings. The molecular formula is C21H25N3O5. The van der Waals surface area contributed by atoms with Crippen molar-refractivity contribution in [3.05, 3.63) is 70.3 Å². The van der Waals surface area contributed by atoms with Gasteiger partial charge in [0.15, 0.2) is 5.60 Å². The molecule has 0 radical (unpaired) electrons. The van der Waals surface area contributed by atoms with E-state index in [1.807, 2.05) is 30.3 Å². The lowest BCUT2D eigenvalue weighted by atomic mass is 9.92. The van der Waals surface area contributed by atoms with Crippen LogP contribution in [-0.2, 0) is 20.9 Å². The van der Waals surface area contributed by atoms with Crippen LogP contribution in [0.25, 0.3) is 0 Å². The molecule has 1 aliphatic rings. The number of carbonyl (C=O) groups excluding carboxylic acids is 1. The molecule has 2 N–H and O–H groups in total. The van der Waals surface area contributed by atoms with Gasteiger partial charge in [0.2, 0.25) is 0 Å². The molecule has 8 heteroatoms. The maximum Gasteiger partial charge on any atom is 0.269 e. The van der Waals surface area contributed by atoms with E-state index in [0.29, 0.717) is 45.8 Å². The summed E-state index contributed by atoms with van der Waals surface area (Å²) in [7, 11) is 0. The highest BCUT2D eigenvalue weighted by Gasteiger charge is 2.41. The summed E-state index contributed by atoms with van der Waals surface area (Å²) in [4.78, 5) is 23.1. The maximum absolute atomic E-state index is 12.9. The zero-order valence-corrected chi connectivity index (χ0v) is 16.1. The highest BCUT2D eigenvalue weighted by molar-refractivity contribution is 5.85. The van der Waals surface area contributed by atoms with Gasteiger partial charge in [0.25, 0.3) is 11.6 Å². The predicted octanol–water partition coefficient (Wildman–Crippen LogP) is 2.89. The van der Waals surface area contributed by atoms with Gasteiger partial charge in [-0.15, -0.1) is 0 Å². The summed E-state index contributed by atoms with van der Waals surface area (Å²) >= 11 is 0. The fourth-order valence-corrected chi connectivity index (χ4v) is 3.18. The minimum Gasteiger partial charge on any atom is -0.383 e. The summed E-state index contributed by atoms with van der Waals surface area (Å²) in [6, 6.07) is 15.9. The van der Waals surface area contributed by atoms with Gasteiger partial charge in [0, 0.05) is 57.0 Å². The quantitative estimate of drug-likeness (QED) is 0.382. The first kappa shape index (κ1) is 20.8. The number of carbonyl (C=O) groups is 1. The summed E-state index contributed by atoms with van der Waals surface area (Å²) in [5.41, 5.74) is 0.930. The lowest BCUT2D eigenvalue weighted by Gasteiger charge is -2.35. The Kier molecular flexibility index (Phi) is 7.15. The number of nitrogens with one attached hydrogen (secondary N) is 2. The fraction of sp³-hybridized carbons (Fsp3) is 0.381. The molecule has 0 bridgehead atoms. The van der Waals surface area contributed by atoms with Crippen LogP contribution in [0.3, 0.4) is 0 Å². The number of amides is 1. The molecule has 3 rings (SSSR count). The zero-order valence-electron chi connectivity index (χ0n) is 16.1. The standard InChI is InChI=1S/C21H25N3O5/c25-20(23-13-12-22-18-6-8-19(9-7-18)24(26)27)21(10-14-28-15-11-21)29-16-17-4-2-1-3-5-17/h1-9,22H,10-16H2,(H,23,25). The van der Waals surface area contributed by atoms with Crippen molar-refractivity contribution in [3.8, 4) is 0 Å². The van der Waals surface area contributed by atoms with Gasteiger partial charge in [0.1, 0.15) is 0 Å². The second-order valence-corrected chi connectivity index (χ2v) is 6.87. The molecule has 1 fully saturated rings. The van der Waals surface area contributed by atoms with Gasteiger partial charge in [0.05, 0.1) is 11.5 Å². The third-order valence-corrected chi connectivity index (χ3v) is 4.89. The first-order chi connectivity index (χ1) is 14.1. The van der Waals surface area contributed by atoms with Crippen LogP contribution in [0, 0.1) is 10.1 Å². The van der Waals surface area contributed by atoms with Crippen LogP contribution in [0.5, 0.6) is 0 Å². The third-order valence-electron chi connectivity index (χ3n) is 4.89. The summed E-state index contributed by atoms with van der Waals surface area (Å²) < 4.78 is 11.5. The van der Waals surface area contributed by atoms with E-state index in [4.69, 9.17) is 9.47 Å². The Morgan fingerprint density at radius 1 is 1.07 bits per heavy atom. The van der Waals surface area contributed by atoms with E-state index in [-0.39, 0.29) is 11.6 Å². The third kappa shape index (κ3) is 5.75. The molecular weight excluding hydrogens is 374 g/mol. The summed E-state index contributed by atoms with van der Waals surface area (Å²) in [6.45, 7) is 2.25. The Bertz CT molecular complexity index is 805. The van der Waals surface area contributed by atoms with Crippen molar-refractivity contribution in [2.75, 3.05) is 31.6 Å². The van der Waals surface area contributed by atoms with Crippen molar-refractivity contribution >= 4 is 17.3 Å². The number of nitrogens with zero attached hydrogens (tertiary/aromatic N) is 1. The van der Waals surface area contributed by atoms with Crippen LogP contribution in [0.1, 0.15) is 18.4 Å². The molecule has 1 aliphatic heterocycles. The molecule has 1 heterocycles. The van der Waals surface area contributed by atoms with Crippen molar-refractivity contribution in [2.24, 2.45) is 0 Å². The maximum atomic E-state index is 12.9. The number of nitro benzene ring substituents is 1. The second-order valence-electron chi connectivity index (χ2n) is 6.87. The molecule has 0 aromatic heterocycles. The number of hydrogen-bond acceptors (Lipinski definition) is 6. The molecule has 1 saturated heterocycles. The average molecular weight is 399 g/mol. The van der Waals surface area contributed by atoms with Crippen LogP contribution in [-0.4, -0.2) is 42.7 Å². The molecule has 0 unspecified atom stereocenters. The van der Waals surface area contributed by atoms with Crippen LogP contribution in [0.2, 0.25) is 0 Å². The van der Waals surface area contributed by atoms with Crippen molar-refractivity contribution in [1.29, 1.82) is 0 Å². The van der Waals surface area contributed by atoms with E-state index in [1.165, 1.54) is 12.1 Å². The molecule has 29 heavy (non-hydrogen) atoms. The molecule has 0 aliphatic carbocycles. The average Bonchev–Trinajstić information content (AvgIpc) is 2.77. The molecule has 2 aromatic carbocycles. The SMILES string of the molecule is O=C(NCCNc1ccc([N+](=O)[O-])cc1)C1(OCc2ccccc2)CCOCC1. The van der Waals surface area contributed by atoms with Crippen LogP contribution >= 0.6 is 0 Å². The van der Waals surface area contributed by atoms with E-state index in [0.717, 1.165) is 11.3 Å². The normalized spacial score (nSPS) is 15.4. The first-order valence-corrected chi connectivity index (χ1v) is 9.61. The summed E-state index contributed by atoms with van der Waals surface area (Å²) in [6.07, 6.45) is 1.03. The number of ether oxygens (including phenoxy) is 2. The molecule has 0 saturated carbocycles. The molecule has 154 valence electrons. The van der Waals surface area contributed by atoms with Crippen LogP contribution < -0.4 is 10.6 Å². The largest absolute Gasteiger partial charge is 0.383 e. The van der Waals surface area contributed by atoms with Gasteiger partial charge in [-0.1, -0.05) is 30.3 Å². The highest BCUT2D eigenvalue weighted by Crippen LogP contribution is 2.27. The van der Waals surface area contributed by atoms with E-state index in [2.05, 4.69) is 10.6 Å². The Balaban J connectivity index is 1.49. The van der Waals surface area contributed by atoms with E-state index >= 15 is 0 Å². The Hall–Kier alpha value is -2.97. The highest BCUT2D eigenvalue weighted by atomic mass is 16.6. The van der Waals surface area contributed by atoms with Crippen molar-refractivity contribution in [1.82, 2.24) is 5.32 Å². The number of rotatable bonds is 9. The lowest BCUT2D eigenvalue weighted by molar-refractivity contribution is -0.384. The summed E-state index contributed by atoms with van der Waals surface area (Å²) in [5, 5.41) is 16.8. The van der Waals surface area contributed by atoms with Gasteiger partial charge < -0.3 is 20.1 Å². The number of anilines is 1. The molecule has 0 atom stereocenters. The predicted molar refractivity (Wildman–Crippen MR) is 109 cm³/mol. The van der Waals surface area contributed by atoms with Crippen molar-refractivity contribution in [3.63, 3.8) is 0 Å². The monoisotopic (exact) mass is 399 g/mol. The topological polar surface area (TPSA) is 103 Å². The first-order valence-electron chi connectivity index (χ1n) is 9.61. The van der Waals surface area contributed by atoms with Crippen molar-refractivity contribution in [2.45, 2.75) is 25.0 Å². The van der Waals surface area contributed by atoms with Crippen LogP contribution in [0.4, 0.5) is 11.4 Å². The van der Waals surface area contributed by atoms with Gasteiger partial charge in [-0.05, 0) is 17.7 Å². The van der Waals surface area contributed by atoms with Crippen molar-refractivity contribution < 1.29 is 19.2 Å². The fourth-order valence-electron chi connectivity index (χ4n) is 3.18. The summed E-state index contributed by atoms with van der Waals surface area (Å²) in [5.74, 6) is -0.137. The molecule has 1 amide bonds. The van der Waals surface area contributed by atoms with Gasteiger partial charge in [-0.2, -0.15) is 0 Å². The Morgan fingerprint density at radius 2 is 1.76 bits per heavy atom. The number of benzene rings is 2. The molecule has 0 spiro atoms.